The van der Waals surface area contributed by atoms with E-state index in [2.05, 4.69) is 20.8 Å². The highest BCUT2D eigenvalue weighted by Crippen LogP contribution is 2.09. The van der Waals surface area contributed by atoms with Crippen LogP contribution in [-0.2, 0) is 17.9 Å². The number of tetrazole rings is 1. The number of carbonyl (C=O) groups excluding carboxylic acids is 1. The van der Waals surface area contributed by atoms with Crippen LogP contribution >= 0.6 is 0 Å². The van der Waals surface area contributed by atoms with Crippen LogP contribution in [0.1, 0.15) is 5.56 Å². The first-order chi connectivity index (χ1) is 8.28. The van der Waals surface area contributed by atoms with Crippen molar-refractivity contribution in [2.45, 2.75) is 13.1 Å². The van der Waals surface area contributed by atoms with Crippen LogP contribution in [0.3, 0.4) is 0 Å². The Bertz CT molecular complexity index is 495. The van der Waals surface area contributed by atoms with Gasteiger partial charge in [0.05, 0.1) is 0 Å². The van der Waals surface area contributed by atoms with Crippen LogP contribution in [0, 0.1) is 0 Å². The number of hydrogen-bond acceptors (Lipinski definition) is 5. The summed E-state index contributed by atoms with van der Waals surface area (Å²) in [6.07, 6.45) is 1.38. The molecule has 0 fully saturated rings. The van der Waals surface area contributed by atoms with Crippen LogP contribution in [0.2, 0.25) is 0 Å². The Hall–Kier alpha value is -2.28. The second-order valence-electron chi connectivity index (χ2n) is 3.46. The van der Waals surface area contributed by atoms with Crippen molar-refractivity contribution in [1.82, 2.24) is 20.2 Å². The van der Waals surface area contributed by atoms with Crippen molar-refractivity contribution in [3.8, 4) is 0 Å². The van der Waals surface area contributed by atoms with Gasteiger partial charge in [0, 0.05) is 12.2 Å². The third-order valence-corrected chi connectivity index (χ3v) is 2.14. The van der Waals surface area contributed by atoms with E-state index in [9.17, 15) is 4.79 Å². The van der Waals surface area contributed by atoms with Crippen molar-refractivity contribution in [2.24, 2.45) is 5.73 Å². The highest BCUT2D eigenvalue weighted by Gasteiger charge is 2.04. The predicted octanol–water partition coefficient (Wildman–Crippen LogP) is -0.230. The minimum atomic E-state index is -0.188. The van der Waals surface area contributed by atoms with E-state index in [1.165, 1.54) is 11.0 Å². The lowest BCUT2D eigenvalue weighted by molar-refractivity contribution is -0.116. The second kappa shape index (κ2) is 5.17. The lowest BCUT2D eigenvalue weighted by Gasteiger charge is -2.06. The maximum absolute atomic E-state index is 11.6. The van der Waals surface area contributed by atoms with E-state index < -0.39 is 0 Å². The topological polar surface area (TPSA) is 98.7 Å². The molecular formula is C10H12N6O. The highest BCUT2D eigenvalue weighted by atomic mass is 16.2. The standard InChI is InChI=1S/C10H12N6O/c11-5-8-2-1-3-9(4-8)13-10(17)6-16-7-12-14-15-16/h1-4,7H,5-6,11H2,(H,13,17). The predicted molar refractivity (Wildman–Crippen MR) is 60.8 cm³/mol. The van der Waals surface area contributed by atoms with Gasteiger partial charge in [0.1, 0.15) is 12.9 Å². The Morgan fingerprint density at radius 2 is 2.35 bits per heavy atom. The first-order valence-electron chi connectivity index (χ1n) is 5.07. The Kier molecular flexibility index (Phi) is 3.41. The molecule has 0 saturated carbocycles. The Balaban J connectivity index is 1.98. The zero-order valence-corrected chi connectivity index (χ0v) is 9.08. The van der Waals surface area contributed by atoms with Gasteiger partial charge in [-0.2, -0.15) is 0 Å². The lowest BCUT2D eigenvalue weighted by Crippen LogP contribution is -2.19. The average molecular weight is 232 g/mol. The zero-order valence-electron chi connectivity index (χ0n) is 9.08. The van der Waals surface area contributed by atoms with E-state index in [0.717, 1.165) is 5.56 Å². The summed E-state index contributed by atoms with van der Waals surface area (Å²) in [5.74, 6) is -0.188. The number of nitrogens with two attached hydrogens (primary N) is 1. The maximum Gasteiger partial charge on any atom is 0.246 e. The second-order valence-corrected chi connectivity index (χ2v) is 3.46. The third kappa shape index (κ3) is 3.08. The molecule has 3 N–H and O–H groups in total. The normalized spacial score (nSPS) is 10.2. The molecule has 1 amide bonds. The molecule has 0 saturated heterocycles. The number of anilines is 1. The maximum atomic E-state index is 11.6. The summed E-state index contributed by atoms with van der Waals surface area (Å²) in [5, 5.41) is 13.2. The SMILES string of the molecule is NCc1cccc(NC(=O)Cn2cnnn2)c1. The fourth-order valence-electron chi connectivity index (χ4n) is 1.38. The number of benzene rings is 1. The fourth-order valence-corrected chi connectivity index (χ4v) is 1.38. The molecule has 0 bridgehead atoms. The fraction of sp³-hybridized carbons (Fsp3) is 0.200. The van der Waals surface area contributed by atoms with Crippen LogP contribution in [0.5, 0.6) is 0 Å². The molecule has 7 nitrogen and oxygen atoms in total. The molecule has 0 unspecified atom stereocenters. The van der Waals surface area contributed by atoms with Crippen LogP contribution in [0.15, 0.2) is 30.6 Å². The van der Waals surface area contributed by atoms with Gasteiger partial charge < -0.3 is 11.1 Å². The van der Waals surface area contributed by atoms with Crippen molar-refractivity contribution in [1.29, 1.82) is 0 Å². The molecule has 2 aromatic rings. The van der Waals surface area contributed by atoms with Gasteiger partial charge in [0.15, 0.2) is 0 Å². The minimum absolute atomic E-state index is 0.0832. The number of aromatic nitrogens is 4. The van der Waals surface area contributed by atoms with Crippen LogP contribution in [-0.4, -0.2) is 26.1 Å². The number of amides is 1. The first-order valence-corrected chi connectivity index (χ1v) is 5.07. The average Bonchev–Trinajstić information content (AvgIpc) is 2.82. The smallest absolute Gasteiger partial charge is 0.246 e. The summed E-state index contributed by atoms with van der Waals surface area (Å²) < 4.78 is 1.35. The Morgan fingerprint density at radius 1 is 1.47 bits per heavy atom. The van der Waals surface area contributed by atoms with Crippen molar-refractivity contribution in [3.63, 3.8) is 0 Å². The quantitative estimate of drug-likeness (QED) is 0.758. The summed E-state index contributed by atoms with van der Waals surface area (Å²) >= 11 is 0. The van der Waals surface area contributed by atoms with Gasteiger partial charge >= 0.3 is 0 Å². The molecule has 1 heterocycles. The largest absolute Gasteiger partial charge is 0.326 e. The zero-order chi connectivity index (χ0) is 12.1. The summed E-state index contributed by atoms with van der Waals surface area (Å²) in [6, 6.07) is 7.37. The first kappa shape index (κ1) is 11.2. The van der Waals surface area contributed by atoms with E-state index >= 15 is 0 Å². The minimum Gasteiger partial charge on any atom is -0.326 e. The van der Waals surface area contributed by atoms with Gasteiger partial charge in [-0.05, 0) is 28.1 Å². The van der Waals surface area contributed by atoms with E-state index in [1.807, 2.05) is 18.2 Å². The van der Waals surface area contributed by atoms with Gasteiger partial charge in [-0.25, -0.2) is 4.68 Å². The molecule has 88 valence electrons. The van der Waals surface area contributed by atoms with E-state index in [1.54, 1.807) is 6.07 Å². The van der Waals surface area contributed by atoms with Crippen LogP contribution in [0.4, 0.5) is 5.69 Å². The van der Waals surface area contributed by atoms with Gasteiger partial charge in [-0.1, -0.05) is 12.1 Å². The van der Waals surface area contributed by atoms with E-state index in [4.69, 9.17) is 5.73 Å². The van der Waals surface area contributed by atoms with E-state index in [-0.39, 0.29) is 12.5 Å². The summed E-state index contributed by atoms with van der Waals surface area (Å²) in [5.41, 5.74) is 7.19. The molecule has 0 aliphatic rings. The molecule has 1 aromatic carbocycles. The molecule has 0 radical (unpaired) electrons. The van der Waals surface area contributed by atoms with Gasteiger partial charge in [0.2, 0.25) is 5.91 Å². The van der Waals surface area contributed by atoms with Gasteiger partial charge in [-0.15, -0.1) is 5.10 Å². The molecule has 1 aromatic heterocycles. The third-order valence-electron chi connectivity index (χ3n) is 2.14. The van der Waals surface area contributed by atoms with Crippen molar-refractivity contribution < 1.29 is 4.79 Å². The molecule has 0 aliphatic heterocycles. The molecule has 0 spiro atoms. The van der Waals surface area contributed by atoms with E-state index in [0.29, 0.717) is 12.2 Å². The number of nitrogens with one attached hydrogen (secondary N) is 1. The van der Waals surface area contributed by atoms with Crippen molar-refractivity contribution in [2.75, 3.05) is 5.32 Å². The van der Waals surface area contributed by atoms with Crippen LogP contribution < -0.4 is 11.1 Å². The van der Waals surface area contributed by atoms with Crippen LogP contribution in [0.25, 0.3) is 0 Å². The summed E-state index contributed by atoms with van der Waals surface area (Å²) in [7, 11) is 0. The number of rotatable bonds is 4. The molecule has 2 rings (SSSR count). The summed E-state index contributed by atoms with van der Waals surface area (Å²) in [4.78, 5) is 11.6. The van der Waals surface area contributed by atoms with Crippen molar-refractivity contribution in [3.05, 3.63) is 36.2 Å². The molecule has 0 aliphatic carbocycles. The Labute approximate surface area is 97.6 Å². The highest BCUT2D eigenvalue weighted by molar-refractivity contribution is 5.90. The molecule has 0 atom stereocenters. The number of nitrogens with zero attached hydrogens (tertiary/aromatic N) is 4. The number of carbonyl (C=O) groups is 1. The molecule has 7 heteroatoms. The summed E-state index contributed by atoms with van der Waals surface area (Å²) in [6.45, 7) is 0.524. The monoisotopic (exact) mass is 232 g/mol. The van der Waals surface area contributed by atoms with Gasteiger partial charge in [-0.3, -0.25) is 4.79 Å². The molecular weight excluding hydrogens is 220 g/mol. The lowest BCUT2D eigenvalue weighted by atomic mass is 10.2. The molecule has 17 heavy (non-hydrogen) atoms. The van der Waals surface area contributed by atoms with Crippen molar-refractivity contribution >= 4 is 11.6 Å². The van der Waals surface area contributed by atoms with Gasteiger partial charge in [0.25, 0.3) is 0 Å². The number of hydrogen-bond donors (Lipinski definition) is 2. The Morgan fingerprint density at radius 3 is 3.06 bits per heavy atom.